The van der Waals surface area contributed by atoms with Gasteiger partial charge in [-0.3, -0.25) is 0 Å². The van der Waals surface area contributed by atoms with Crippen LogP contribution in [0.2, 0.25) is 18.1 Å². The zero-order chi connectivity index (χ0) is 12.4. The second-order valence-corrected chi connectivity index (χ2v) is 10.5. The Morgan fingerprint density at radius 1 is 1.12 bits per heavy atom. The summed E-state index contributed by atoms with van der Waals surface area (Å²) in [6.45, 7) is 13.6. The summed E-state index contributed by atoms with van der Waals surface area (Å²) in [5.74, 6) is 1.08. The van der Waals surface area contributed by atoms with Crippen molar-refractivity contribution in [2.45, 2.75) is 52.2 Å². The molecule has 0 N–H and O–H groups in total. The van der Waals surface area contributed by atoms with Crippen molar-refractivity contribution >= 4 is 8.32 Å². The SMILES string of the molecule is CCc1ccccc1O[Si](C)(C)C(C)(C)C. The molecule has 0 fully saturated rings. The normalized spacial score (nSPS) is 12.6. The molecule has 1 nitrogen and oxygen atoms in total. The van der Waals surface area contributed by atoms with Crippen LogP contribution < -0.4 is 4.43 Å². The lowest BCUT2D eigenvalue weighted by Gasteiger charge is -2.37. The van der Waals surface area contributed by atoms with Gasteiger partial charge in [0.05, 0.1) is 0 Å². The molecule has 0 aliphatic carbocycles. The van der Waals surface area contributed by atoms with Crippen molar-refractivity contribution < 1.29 is 4.43 Å². The molecule has 0 unspecified atom stereocenters. The molecule has 0 radical (unpaired) electrons. The van der Waals surface area contributed by atoms with Crippen molar-refractivity contribution in [1.82, 2.24) is 0 Å². The average Bonchev–Trinajstić information content (AvgIpc) is 2.16. The van der Waals surface area contributed by atoms with Gasteiger partial charge < -0.3 is 4.43 Å². The van der Waals surface area contributed by atoms with E-state index in [4.69, 9.17) is 4.43 Å². The first kappa shape index (κ1) is 13.3. The predicted octanol–water partition coefficient (Wildman–Crippen LogP) is 4.63. The van der Waals surface area contributed by atoms with Crippen LogP contribution in [0, 0.1) is 0 Å². The van der Waals surface area contributed by atoms with Gasteiger partial charge in [0, 0.05) is 0 Å². The smallest absolute Gasteiger partial charge is 0.250 e. The fraction of sp³-hybridized carbons (Fsp3) is 0.571. The number of aryl methyl sites for hydroxylation is 1. The average molecular weight is 236 g/mol. The highest BCUT2D eigenvalue weighted by atomic mass is 28.4. The van der Waals surface area contributed by atoms with Crippen LogP contribution in [0.25, 0.3) is 0 Å². The molecule has 1 aromatic carbocycles. The standard InChI is InChI=1S/C14H24OSi/c1-7-12-10-8-9-11-13(12)15-16(5,6)14(2,3)4/h8-11H,7H2,1-6H3. The summed E-state index contributed by atoms with van der Waals surface area (Å²) in [5.41, 5.74) is 1.31. The van der Waals surface area contributed by atoms with E-state index in [9.17, 15) is 0 Å². The number of hydrogen-bond acceptors (Lipinski definition) is 1. The van der Waals surface area contributed by atoms with E-state index in [2.05, 4.69) is 65.1 Å². The van der Waals surface area contributed by atoms with Crippen LogP contribution in [0.4, 0.5) is 0 Å². The van der Waals surface area contributed by atoms with Crippen LogP contribution in [-0.4, -0.2) is 8.32 Å². The zero-order valence-electron chi connectivity index (χ0n) is 11.4. The van der Waals surface area contributed by atoms with Gasteiger partial charge in [-0.05, 0) is 36.2 Å². The van der Waals surface area contributed by atoms with E-state index in [-0.39, 0.29) is 5.04 Å². The molecule has 0 heterocycles. The highest BCUT2D eigenvalue weighted by Crippen LogP contribution is 2.38. The first-order chi connectivity index (χ1) is 7.28. The minimum absolute atomic E-state index is 0.258. The van der Waals surface area contributed by atoms with E-state index in [1.165, 1.54) is 5.56 Å². The van der Waals surface area contributed by atoms with Crippen LogP contribution in [0.5, 0.6) is 5.75 Å². The lowest BCUT2D eigenvalue weighted by molar-refractivity contribution is 0.487. The molecular weight excluding hydrogens is 212 g/mol. The Kier molecular flexibility index (Phi) is 3.84. The van der Waals surface area contributed by atoms with Gasteiger partial charge in [0.1, 0.15) is 5.75 Å². The number of hydrogen-bond donors (Lipinski definition) is 0. The number of benzene rings is 1. The summed E-state index contributed by atoms with van der Waals surface area (Å²) >= 11 is 0. The molecular formula is C14H24OSi. The maximum Gasteiger partial charge on any atom is 0.250 e. The summed E-state index contributed by atoms with van der Waals surface area (Å²) in [6, 6.07) is 8.39. The highest BCUT2D eigenvalue weighted by Gasteiger charge is 2.39. The molecule has 0 saturated carbocycles. The van der Waals surface area contributed by atoms with Gasteiger partial charge >= 0.3 is 0 Å². The number of rotatable bonds is 3. The van der Waals surface area contributed by atoms with Gasteiger partial charge in [-0.2, -0.15) is 0 Å². The maximum atomic E-state index is 6.33. The minimum atomic E-state index is -1.69. The third kappa shape index (κ3) is 2.88. The van der Waals surface area contributed by atoms with Crippen LogP contribution >= 0.6 is 0 Å². The monoisotopic (exact) mass is 236 g/mol. The van der Waals surface area contributed by atoms with Crippen molar-refractivity contribution in [1.29, 1.82) is 0 Å². The molecule has 0 spiro atoms. The Hall–Kier alpha value is -0.763. The summed E-state index contributed by atoms with van der Waals surface area (Å²) in [4.78, 5) is 0. The van der Waals surface area contributed by atoms with Gasteiger partial charge in [-0.25, -0.2) is 0 Å². The molecule has 0 aliphatic rings. The Balaban J connectivity index is 2.96. The lowest BCUT2D eigenvalue weighted by atomic mass is 10.1. The van der Waals surface area contributed by atoms with Crippen LogP contribution in [0.15, 0.2) is 24.3 Å². The van der Waals surface area contributed by atoms with Crippen LogP contribution in [-0.2, 0) is 6.42 Å². The van der Waals surface area contributed by atoms with Gasteiger partial charge in [0.2, 0.25) is 8.32 Å². The zero-order valence-corrected chi connectivity index (χ0v) is 12.4. The van der Waals surface area contributed by atoms with Crippen molar-refractivity contribution in [3.8, 4) is 5.75 Å². The first-order valence-corrected chi connectivity index (χ1v) is 8.95. The molecule has 1 aromatic rings. The van der Waals surface area contributed by atoms with E-state index in [1.54, 1.807) is 0 Å². The third-order valence-corrected chi connectivity index (χ3v) is 7.87. The Bertz CT molecular complexity index is 350. The van der Waals surface area contributed by atoms with Crippen molar-refractivity contribution in [3.63, 3.8) is 0 Å². The van der Waals surface area contributed by atoms with Gasteiger partial charge in [0.15, 0.2) is 0 Å². The van der Waals surface area contributed by atoms with E-state index in [0.717, 1.165) is 12.2 Å². The summed E-state index contributed by atoms with van der Waals surface area (Å²) < 4.78 is 6.33. The largest absolute Gasteiger partial charge is 0.543 e. The van der Waals surface area contributed by atoms with E-state index in [0.29, 0.717) is 0 Å². The number of para-hydroxylation sites is 1. The third-order valence-electron chi connectivity index (χ3n) is 3.52. The molecule has 0 saturated heterocycles. The minimum Gasteiger partial charge on any atom is -0.543 e. The van der Waals surface area contributed by atoms with Gasteiger partial charge in [0.25, 0.3) is 0 Å². The molecule has 0 aliphatic heterocycles. The Morgan fingerprint density at radius 2 is 1.69 bits per heavy atom. The topological polar surface area (TPSA) is 9.23 Å². The molecule has 0 amide bonds. The van der Waals surface area contributed by atoms with Crippen LogP contribution in [0.3, 0.4) is 0 Å². The molecule has 0 aromatic heterocycles. The fourth-order valence-electron chi connectivity index (χ4n) is 1.32. The fourth-order valence-corrected chi connectivity index (χ4v) is 2.38. The predicted molar refractivity (Wildman–Crippen MR) is 73.6 cm³/mol. The van der Waals surface area contributed by atoms with E-state index in [1.807, 2.05) is 0 Å². The van der Waals surface area contributed by atoms with Gasteiger partial charge in [-0.1, -0.05) is 45.9 Å². The van der Waals surface area contributed by atoms with Crippen molar-refractivity contribution in [2.75, 3.05) is 0 Å². The quantitative estimate of drug-likeness (QED) is 0.695. The molecule has 90 valence electrons. The maximum absolute atomic E-state index is 6.33. The summed E-state index contributed by atoms with van der Waals surface area (Å²) in [5, 5.41) is 0.258. The highest BCUT2D eigenvalue weighted by molar-refractivity contribution is 6.74. The summed E-state index contributed by atoms with van der Waals surface area (Å²) in [7, 11) is -1.69. The Labute approximate surface area is 101 Å². The second kappa shape index (κ2) is 4.62. The Morgan fingerprint density at radius 3 is 2.19 bits per heavy atom. The molecule has 1 rings (SSSR count). The van der Waals surface area contributed by atoms with Gasteiger partial charge in [-0.15, -0.1) is 0 Å². The van der Waals surface area contributed by atoms with Crippen molar-refractivity contribution in [3.05, 3.63) is 29.8 Å². The van der Waals surface area contributed by atoms with E-state index < -0.39 is 8.32 Å². The lowest BCUT2D eigenvalue weighted by Crippen LogP contribution is -2.44. The van der Waals surface area contributed by atoms with E-state index >= 15 is 0 Å². The molecule has 0 bridgehead atoms. The molecule has 2 heteroatoms. The first-order valence-electron chi connectivity index (χ1n) is 6.05. The summed E-state index contributed by atoms with van der Waals surface area (Å²) in [6.07, 6.45) is 1.03. The second-order valence-electron chi connectivity index (χ2n) is 5.82. The van der Waals surface area contributed by atoms with Crippen molar-refractivity contribution in [2.24, 2.45) is 0 Å². The molecule has 16 heavy (non-hydrogen) atoms. The molecule has 0 atom stereocenters. The van der Waals surface area contributed by atoms with Crippen LogP contribution in [0.1, 0.15) is 33.3 Å².